The molecule has 3 nitrogen and oxygen atoms in total. The Morgan fingerprint density at radius 3 is 2.55 bits per heavy atom. The lowest BCUT2D eigenvalue weighted by atomic mass is 10.1. The molecule has 1 aromatic carbocycles. The van der Waals surface area contributed by atoms with Crippen molar-refractivity contribution in [3.05, 3.63) is 58.5 Å². The van der Waals surface area contributed by atoms with Crippen molar-refractivity contribution >= 4 is 0 Å². The minimum atomic E-state index is 0.891. The normalized spacial score (nSPS) is 14.7. The van der Waals surface area contributed by atoms with Gasteiger partial charge in [-0.05, 0) is 30.7 Å². The maximum absolute atomic E-state index is 5.89. The molecule has 3 rings (SSSR count). The highest BCUT2D eigenvalue weighted by Gasteiger charge is 2.19. The Morgan fingerprint density at radius 2 is 1.90 bits per heavy atom. The Hall–Kier alpha value is -1.58. The van der Waals surface area contributed by atoms with Crippen molar-refractivity contribution in [2.24, 2.45) is 0 Å². The van der Waals surface area contributed by atoms with Crippen LogP contribution in [-0.4, -0.2) is 11.4 Å². The number of hydrogen-bond acceptors (Lipinski definition) is 3. The highest BCUT2D eigenvalue weighted by Crippen LogP contribution is 2.25. The predicted molar refractivity (Wildman–Crippen MR) is 80.2 cm³/mol. The number of nitrogens with one attached hydrogen (secondary N) is 1. The summed E-state index contributed by atoms with van der Waals surface area (Å²) in [6.45, 7) is 9.00. The van der Waals surface area contributed by atoms with Gasteiger partial charge in [0.05, 0.1) is 6.54 Å². The van der Waals surface area contributed by atoms with Gasteiger partial charge in [-0.15, -0.1) is 0 Å². The second-order valence-corrected chi connectivity index (χ2v) is 5.49. The molecule has 0 saturated heterocycles. The predicted octanol–water partition coefficient (Wildman–Crippen LogP) is 3.21. The zero-order valence-corrected chi connectivity index (χ0v) is 12.3. The van der Waals surface area contributed by atoms with E-state index in [2.05, 4.69) is 54.4 Å². The van der Waals surface area contributed by atoms with E-state index in [1.54, 1.807) is 0 Å². The lowest BCUT2D eigenvalue weighted by Gasteiger charge is -2.12. The molecule has 3 heteroatoms. The van der Waals surface area contributed by atoms with E-state index in [4.69, 9.17) is 4.42 Å². The van der Waals surface area contributed by atoms with Gasteiger partial charge in [0.25, 0.3) is 0 Å². The first kappa shape index (κ1) is 13.4. The van der Waals surface area contributed by atoms with E-state index in [-0.39, 0.29) is 0 Å². The molecule has 1 aliphatic heterocycles. The lowest BCUT2D eigenvalue weighted by Crippen LogP contribution is -2.15. The fourth-order valence-electron chi connectivity index (χ4n) is 2.84. The molecule has 2 aromatic rings. The molecule has 20 heavy (non-hydrogen) atoms. The summed E-state index contributed by atoms with van der Waals surface area (Å²) in [5.41, 5.74) is 4.17. The number of hydrogen-bond donors (Lipinski definition) is 1. The first-order valence-corrected chi connectivity index (χ1v) is 7.34. The van der Waals surface area contributed by atoms with Gasteiger partial charge in [-0.25, -0.2) is 0 Å². The van der Waals surface area contributed by atoms with Crippen molar-refractivity contribution in [3.63, 3.8) is 0 Å². The molecule has 0 spiro atoms. The summed E-state index contributed by atoms with van der Waals surface area (Å²) < 4.78 is 5.89. The van der Waals surface area contributed by atoms with Crippen molar-refractivity contribution < 1.29 is 4.42 Å². The first-order valence-electron chi connectivity index (χ1n) is 7.34. The van der Waals surface area contributed by atoms with Crippen LogP contribution in [0, 0.1) is 6.92 Å². The quantitative estimate of drug-likeness (QED) is 0.904. The molecule has 0 atom stereocenters. The van der Waals surface area contributed by atoms with E-state index in [9.17, 15) is 0 Å². The number of fused-ring (bicyclic) bond motifs is 1. The maximum Gasteiger partial charge on any atom is 0.118 e. The molecule has 0 saturated carbocycles. The summed E-state index contributed by atoms with van der Waals surface area (Å²) in [6.07, 6.45) is 0. The van der Waals surface area contributed by atoms with Gasteiger partial charge in [0, 0.05) is 25.2 Å². The fraction of sp³-hybridized carbons (Fsp3) is 0.412. The Kier molecular flexibility index (Phi) is 3.90. The molecule has 2 heterocycles. The minimum Gasteiger partial charge on any atom is -0.465 e. The molecule has 106 valence electrons. The topological polar surface area (TPSA) is 28.4 Å². The molecule has 0 radical (unpaired) electrons. The van der Waals surface area contributed by atoms with Gasteiger partial charge < -0.3 is 9.73 Å². The van der Waals surface area contributed by atoms with Crippen LogP contribution in [0.4, 0.5) is 0 Å². The zero-order valence-electron chi connectivity index (χ0n) is 12.3. The lowest BCUT2D eigenvalue weighted by molar-refractivity contribution is 0.249. The Balaban J connectivity index is 1.65. The second kappa shape index (κ2) is 5.81. The summed E-state index contributed by atoms with van der Waals surface area (Å²) in [7, 11) is 0. The molecule has 0 fully saturated rings. The molecule has 0 amide bonds. The molecule has 0 bridgehead atoms. The van der Waals surface area contributed by atoms with E-state index in [1.165, 1.54) is 16.7 Å². The number of rotatable bonds is 5. The Labute approximate surface area is 120 Å². The van der Waals surface area contributed by atoms with Crippen LogP contribution in [0.15, 0.2) is 34.7 Å². The van der Waals surface area contributed by atoms with Crippen LogP contribution in [0.5, 0.6) is 0 Å². The van der Waals surface area contributed by atoms with Crippen molar-refractivity contribution in [1.82, 2.24) is 10.2 Å². The third kappa shape index (κ3) is 2.79. The van der Waals surface area contributed by atoms with E-state index in [0.29, 0.717) is 0 Å². The summed E-state index contributed by atoms with van der Waals surface area (Å²) in [5.74, 6) is 2.11. The van der Waals surface area contributed by atoms with Crippen LogP contribution in [0.1, 0.15) is 35.1 Å². The molecule has 1 aromatic heterocycles. The molecular weight excluding hydrogens is 248 g/mol. The van der Waals surface area contributed by atoms with Crippen LogP contribution in [-0.2, 0) is 26.2 Å². The molecule has 1 aliphatic rings. The van der Waals surface area contributed by atoms with Gasteiger partial charge in [0.15, 0.2) is 0 Å². The Bertz CT molecular complexity index is 563. The van der Waals surface area contributed by atoms with E-state index in [1.807, 2.05) is 0 Å². The van der Waals surface area contributed by atoms with Gasteiger partial charge in [-0.2, -0.15) is 0 Å². The third-order valence-electron chi connectivity index (χ3n) is 3.92. The van der Waals surface area contributed by atoms with Gasteiger partial charge in [-0.1, -0.05) is 31.2 Å². The monoisotopic (exact) mass is 270 g/mol. The first-order chi connectivity index (χ1) is 9.76. The van der Waals surface area contributed by atoms with Gasteiger partial charge in [-0.3, -0.25) is 4.90 Å². The average molecular weight is 270 g/mol. The van der Waals surface area contributed by atoms with Crippen LogP contribution in [0.2, 0.25) is 0 Å². The van der Waals surface area contributed by atoms with Crippen molar-refractivity contribution in [2.75, 3.05) is 6.54 Å². The standard InChI is InChI=1S/C17H22N2O/c1-3-18-9-16-8-17(20-13(16)2)12-19-10-14-6-4-5-7-15(14)11-19/h4-8,18H,3,9-12H2,1-2H3. The largest absolute Gasteiger partial charge is 0.465 e. The zero-order chi connectivity index (χ0) is 13.9. The summed E-state index contributed by atoms with van der Waals surface area (Å²) in [4.78, 5) is 2.43. The second-order valence-electron chi connectivity index (χ2n) is 5.49. The Morgan fingerprint density at radius 1 is 1.20 bits per heavy atom. The summed E-state index contributed by atoms with van der Waals surface area (Å²) in [6, 6.07) is 10.9. The fourth-order valence-corrected chi connectivity index (χ4v) is 2.84. The van der Waals surface area contributed by atoms with Crippen molar-refractivity contribution in [1.29, 1.82) is 0 Å². The van der Waals surface area contributed by atoms with Gasteiger partial charge in [0.1, 0.15) is 11.5 Å². The van der Waals surface area contributed by atoms with E-state index >= 15 is 0 Å². The van der Waals surface area contributed by atoms with Crippen LogP contribution in [0.25, 0.3) is 0 Å². The van der Waals surface area contributed by atoms with Crippen LogP contribution < -0.4 is 5.32 Å². The van der Waals surface area contributed by atoms with Gasteiger partial charge in [0.2, 0.25) is 0 Å². The number of benzene rings is 1. The van der Waals surface area contributed by atoms with Crippen LogP contribution in [0.3, 0.4) is 0 Å². The van der Waals surface area contributed by atoms with Crippen molar-refractivity contribution in [2.45, 2.75) is 40.0 Å². The maximum atomic E-state index is 5.89. The molecular formula is C17H22N2O. The number of aryl methyl sites for hydroxylation is 1. The van der Waals surface area contributed by atoms with E-state index < -0.39 is 0 Å². The number of nitrogens with zero attached hydrogens (tertiary/aromatic N) is 1. The SMILES string of the molecule is CCNCc1cc(CN2Cc3ccccc3C2)oc1C. The smallest absolute Gasteiger partial charge is 0.118 e. The van der Waals surface area contributed by atoms with Gasteiger partial charge >= 0.3 is 0 Å². The molecule has 1 N–H and O–H groups in total. The highest BCUT2D eigenvalue weighted by atomic mass is 16.3. The molecule has 0 unspecified atom stereocenters. The van der Waals surface area contributed by atoms with Crippen LogP contribution >= 0.6 is 0 Å². The number of furan rings is 1. The van der Waals surface area contributed by atoms with Crippen molar-refractivity contribution in [3.8, 4) is 0 Å². The summed E-state index contributed by atoms with van der Waals surface area (Å²) in [5, 5.41) is 3.35. The summed E-state index contributed by atoms with van der Waals surface area (Å²) >= 11 is 0. The van der Waals surface area contributed by atoms with E-state index in [0.717, 1.165) is 44.2 Å². The third-order valence-corrected chi connectivity index (χ3v) is 3.92. The molecule has 0 aliphatic carbocycles. The average Bonchev–Trinajstić information content (AvgIpc) is 2.99. The minimum absolute atomic E-state index is 0.891. The highest BCUT2D eigenvalue weighted by molar-refractivity contribution is 5.30.